The number of carboxylic acids is 2. The number of carboxylic acid groups (broad SMARTS) is 2. The molecule has 0 fully saturated rings. The maximum Gasteiger partial charge on any atom is 0.414 e. The van der Waals surface area contributed by atoms with E-state index in [1.165, 1.54) is 23.3 Å². The highest BCUT2D eigenvalue weighted by Gasteiger charge is 2.14. The Morgan fingerprint density at radius 2 is 1.65 bits per heavy atom. The molecule has 9 heteroatoms. The van der Waals surface area contributed by atoms with Crippen molar-refractivity contribution in [3.63, 3.8) is 0 Å². The fourth-order valence-electron chi connectivity index (χ4n) is 2.87. The number of carbonyl (C=O) groups is 2. The molecule has 1 unspecified atom stereocenters. The Morgan fingerprint density at radius 3 is 2.15 bits per heavy atom. The van der Waals surface area contributed by atoms with Gasteiger partial charge in [-0.25, -0.2) is 19.0 Å². The van der Waals surface area contributed by atoms with Crippen molar-refractivity contribution in [2.45, 2.75) is 48.6 Å². The van der Waals surface area contributed by atoms with Crippen LogP contribution in [0.3, 0.4) is 0 Å². The van der Waals surface area contributed by atoms with Gasteiger partial charge in [-0.1, -0.05) is 45.0 Å². The Morgan fingerprint density at radius 1 is 1.03 bits per heavy atom. The molecule has 0 amide bonds. The van der Waals surface area contributed by atoms with Gasteiger partial charge in [0.2, 0.25) is 0 Å². The molecule has 0 radical (unpaired) electrons. The van der Waals surface area contributed by atoms with Crippen molar-refractivity contribution in [1.82, 2.24) is 9.55 Å². The maximum atomic E-state index is 13.2. The Kier molecular flexibility index (Phi) is 10.7. The fraction of sp³-hybridized carbons (Fsp3) is 0.320. The van der Waals surface area contributed by atoms with Gasteiger partial charge in [0.25, 0.3) is 0 Å². The Balaban J connectivity index is 0.000000604. The molecule has 0 bridgehead atoms. The molecule has 0 saturated carbocycles. The Hall–Kier alpha value is -2.78. The third kappa shape index (κ3) is 10.0. The first-order valence-electron chi connectivity index (χ1n) is 10.6. The molecule has 6 nitrogen and oxygen atoms in total. The van der Waals surface area contributed by atoms with Crippen LogP contribution in [0.25, 0.3) is 0 Å². The first-order valence-corrected chi connectivity index (χ1v) is 12.6. The van der Waals surface area contributed by atoms with Gasteiger partial charge in [-0.3, -0.25) is 0 Å². The number of thioether (sulfide) groups is 2. The number of hydrogen-bond acceptors (Lipinski definition) is 5. The van der Waals surface area contributed by atoms with Gasteiger partial charge in [-0.15, -0.1) is 11.8 Å². The van der Waals surface area contributed by atoms with Crippen LogP contribution in [0.4, 0.5) is 4.39 Å². The van der Waals surface area contributed by atoms with Gasteiger partial charge in [0.1, 0.15) is 5.82 Å². The molecule has 0 spiro atoms. The van der Waals surface area contributed by atoms with E-state index in [4.69, 9.17) is 19.8 Å². The second-order valence-corrected chi connectivity index (χ2v) is 10.9. The average molecular weight is 505 g/mol. The van der Waals surface area contributed by atoms with Crippen LogP contribution in [0.15, 0.2) is 72.1 Å². The monoisotopic (exact) mass is 504 g/mol. The smallest absolute Gasteiger partial charge is 0.414 e. The van der Waals surface area contributed by atoms with Gasteiger partial charge in [-0.05, 0) is 40.8 Å². The van der Waals surface area contributed by atoms with Crippen molar-refractivity contribution in [2.24, 2.45) is 0 Å². The third-order valence-electron chi connectivity index (χ3n) is 4.67. The number of hydrogen-bond donors (Lipinski definition) is 2. The minimum absolute atomic E-state index is 0.188. The minimum atomic E-state index is -1.82. The van der Waals surface area contributed by atoms with E-state index in [0.717, 1.165) is 22.9 Å². The number of imidazole rings is 1. The standard InChI is InChI=1S/C23H27FN2S2.C2H2O4/c1-23(2,3)19-6-4-18(5-7-19)15-27-16-22(14-26-13-12-25-17-26)28-21-10-8-20(24)9-11-21;3-1(4)2(5)6/h4-13,17,22H,14-16H2,1-3H3;(H,3,4)(H,5,6). The lowest BCUT2D eigenvalue weighted by atomic mass is 9.87. The average Bonchev–Trinajstić information content (AvgIpc) is 3.28. The van der Waals surface area contributed by atoms with Gasteiger partial charge in [-0.2, -0.15) is 11.8 Å². The summed E-state index contributed by atoms with van der Waals surface area (Å²) in [5.41, 5.74) is 2.91. The molecule has 0 aliphatic heterocycles. The molecule has 34 heavy (non-hydrogen) atoms. The molecule has 1 aromatic heterocycles. The van der Waals surface area contributed by atoms with E-state index >= 15 is 0 Å². The van der Waals surface area contributed by atoms with Gasteiger partial charge >= 0.3 is 11.9 Å². The van der Waals surface area contributed by atoms with Crippen molar-refractivity contribution in [3.05, 3.63) is 84.2 Å². The minimum Gasteiger partial charge on any atom is -0.473 e. The predicted octanol–water partition coefficient (Wildman–Crippen LogP) is 5.57. The van der Waals surface area contributed by atoms with Crippen molar-refractivity contribution in [1.29, 1.82) is 0 Å². The maximum absolute atomic E-state index is 13.2. The number of aliphatic carboxylic acids is 2. The van der Waals surface area contributed by atoms with Crippen molar-refractivity contribution >= 4 is 35.5 Å². The quantitative estimate of drug-likeness (QED) is 0.306. The molecule has 2 N–H and O–H groups in total. The van der Waals surface area contributed by atoms with Crippen LogP contribution in [0.5, 0.6) is 0 Å². The number of benzene rings is 2. The largest absolute Gasteiger partial charge is 0.473 e. The Bertz CT molecular complexity index is 1020. The summed E-state index contributed by atoms with van der Waals surface area (Å²) in [5, 5.41) is 15.2. The van der Waals surface area contributed by atoms with Gasteiger partial charge < -0.3 is 14.8 Å². The van der Waals surface area contributed by atoms with Crippen LogP contribution in [0.2, 0.25) is 0 Å². The molecule has 3 rings (SSSR count). The van der Waals surface area contributed by atoms with Crippen LogP contribution in [-0.2, 0) is 27.3 Å². The van der Waals surface area contributed by atoms with Crippen molar-refractivity contribution < 1.29 is 24.2 Å². The van der Waals surface area contributed by atoms with Gasteiger partial charge in [0.05, 0.1) is 6.33 Å². The first kappa shape index (κ1) is 27.5. The zero-order valence-corrected chi connectivity index (χ0v) is 21.0. The molecule has 3 aromatic rings. The summed E-state index contributed by atoms with van der Waals surface area (Å²) in [6, 6.07) is 15.7. The van der Waals surface area contributed by atoms with E-state index in [1.807, 2.05) is 42.6 Å². The van der Waals surface area contributed by atoms with E-state index < -0.39 is 11.9 Å². The normalized spacial score (nSPS) is 11.9. The highest BCUT2D eigenvalue weighted by Crippen LogP contribution is 2.29. The van der Waals surface area contributed by atoms with E-state index in [-0.39, 0.29) is 11.2 Å². The van der Waals surface area contributed by atoms with Crippen molar-refractivity contribution in [3.8, 4) is 0 Å². The number of nitrogens with zero attached hydrogens (tertiary/aromatic N) is 2. The van der Waals surface area contributed by atoms with Crippen LogP contribution in [0, 0.1) is 5.82 Å². The number of aromatic nitrogens is 2. The second kappa shape index (κ2) is 13.2. The summed E-state index contributed by atoms with van der Waals surface area (Å²) in [7, 11) is 0. The second-order valence-electron chi connectivity index (χ2n) is 8.53. The lowest BCUT2D eigenvalue weighted by Crippen LogP contribution is -2.15. The summed E-state index contributed by atoms with van der Waals surface area (Å²) in [4.78, 5) is 23.4. The van der Waals surface area contributed by atoms with Gasteiger partial charge in [0.15, 0.2) is 0 Å². The summed E-state index contributed by atoms with van der Waals surface area (Å²) in [6.07, 6.45) is 5.66. The molecule has 1 heterocycles. The van der Waals surface area contributed by atoms with E-state index in [1.54, 1.807) is 11.8 Å². The zero-order valence-electron chi connectivity index (χ0n) is 19.3. The van der Waals surface area contributed by atoms with Crippen LogP contribution in [0.1, 0.15) is 31.9 Å². The first-order chi connectivity index (χ1) is 16.0. The van der Waals surface area contributed by atoms with Crippen molar-refractivity contribution in [2.75, 3.05) is 5.75 Å². The number of rotatable bonds is 8. The SMILES string of the molecule is CC(C)(C)c1ccc(CSCC(Cn2ccnc2)Sc2ccc(F)cc2)cc1.O=C(O)C(=O)O. The Labute approximate surface area is 207 Å². The van der Waals surface area contributed by atoms with E-state index in [9.17, 15) is 4.39 Å². The highest BCUT2D eigenvalue weighted by molar-refractivity contribution is 8.03. The van der Waals surface area contributed by atoms with Crippen LogP contribution in [-0.4, -0.2) is 42.7 Å². The lowest BCUT2D eigenvalue weighted by Gasteiger charge is -2.19. The van der Waals surface area contributed by atoms with E-state index in [0.29, 0.717) is 5.25 Å². The van der Waals surface area contributed by atoms with Gasteiger partial charge in [0, 0.05) is 40.6 Å². The molecular formula is C25H29FN2O4S2. The van der Waals surface area contributed by atoms with Crippen LogP contribution < -0.4 is 0 Å². The third-order valence-corrected chi connectivity index (χ3v) is 7.25. The molecular weight excluding hydrogens is 475 g/mol. The highest BCUT2D eigenvalue weighted by atomic mass is 32.2. The van der Waals surface area contributed by atoms with Crippen LogP contribution >= 0.6 is 23.5 Å². The zero-order chi connectivity index (χ0) is 25.1. The lowest BCUT2D eigenvalue weighted by molar-refractivity contribution is -0.159. The molecule has 1 atom stereocenters. The predicted molar refractivity (Wildman–Crippen MR) is 135 cm³/mol. The number of halogens is 1. The molecule has 182 valence electrons. The molecule has 0 aliphatic rings. The molecule has 0 saturated heterocycles. The summed E-state index contributed by atoms with van der Waals surface area (Å²) < 4.78 is 15.3. The van der Waals surface area contributed by atoms with E-state index in [2.05, 4.69) is 54.6 Å². The topological polar surface area (TPSA) is 92.4 Å². The molecule has 0 aliphatic carbocycles. The summed E-state index contributed by atoms with van der Waals surface area (Å²) in [6.45, 7) is 7.61. The summed E-state index contributed by atoms with van der Waals surface area (Å²) in [5.74, 6) is -1.83. The summed E-state index contributed by atoms with van der Waals surface area (Å²) >= 11 is 3.74. The fourth-order valence-corrected chi connectivity index (χ4v) is 5.27. The molecule has 2 aromatic carbocycles.